The van der Waals surface area contributed by atoms with Crippen molar-refractivity contribution in [2.45, 2.75) is 51.7 Å². The van der Waals surface area contributed by atoms with Gasteiger partial charge in [0.1, 0.15) is 5.69 Å². The quantitative estimate of drug-likeness (QED) is 0.887. The van der Waals surface area contributed by atoms with Crippen LogP contribution in [0.15, 0.2) is 12.3 Å². The number of hydrogen-bond acceptors (Lipinski definition) is 3. The molecule has 2 heterocycles. The zero-order valence-corrected chi connectivity index (χ0v) is 12.4. The van der Waals surface area contributed by atoms with Crippen LogP contribution < -0.4 is 5.73 Å². The van der Waals surface area contributed by atoms with E-state index in [0.29, 0.717) is 30.9 Å². The molecule has 1 amide bonds. The number of aliphatic hydroxyl groups is 1. The van der Waals surface area contributed by atoms with Gasteiger partial charge in [-0.25, -0.2) is 0 Å². The highest BCUT2D eigenvalue weighted by Crippen LogP contribution is 2.23. The molecular formula is C15H25N3O2. The number of nitrogens with zero attached hydrogens (tertiary/aromatic N) is 2. The van der Waals surface area contributed by atoms with Crippen molar-refractivity contribution in [2.24, 2.45) is 0 Å². The fraction of sp³-hybridized carbons (Fsp3) is 0.667. The van der Waals surface area contributed by atoms with E-state index in [1.807, 2.05) is 22.6 Å². The Morgan fingerprint density at radius 3 is 2.90 bits per heavy atom. The van der Waals surface area contributed by atoms with Crippen LogP contribution in [0.1, 0.15) is 50.0 Å². The highest BCUT2D eigenvalue weighted by atomic mass is 16.3. The van der Waals surface area contributed by atoms with Gasteiger partial charge >= 0.3 is 0 Å². The third-order valence-corrected chi connectivity index (χ3v) is 3.95. The molecule has 0 radical (unpaired) electrons. The number of nitrogens with two attached hydrogens (primary N) is 1. The van der Waals surface area contributed by atoms with Crippen LogP contribution in [0.3, 0.4) is 0 Å². The van der Waals surface area contributed by atoms with Gasteiger partial charge in [-0.1, -0.05) is 6.92 Å². The van der Waals surface area contributed by atoms with E-state index in [0.717, 1.165) is 25.8 Å². The number of hydrogen-bond donors (Lipinski definition) is 2. The number of rotatable bonds is 3. The predicted octanol–water partition coefficient (Wildman–Crippen LogP) is 1.86. The smallest absolute Gasteiger partial charge is 0.270 e. The second kappa shape index (κ2) is 5.87. The molecular weight excluding hydrogens is 254 g/mol. The van der Waals surface area contributed by atoms with Gasteiger partial charge in [0.15, 0.2) is 0 Å². The maximum absolute atomic E-state index is 12.6. The lowest BCUT2D eigenvalue weighted by molar-refractivity contribution is 0.0436. The van der Waals surface area contributed by atoms with E-state index in [4.69, 9.17) is 5.73 Å². The Morgan fingerprint density at radius 1 is 1.45 bits per heavy atom. The number of anilines is 1. The Kier molecular flexibility index (Phi) is 4.38. The number of amides is 1. The summed E-state index contributed by atoms with van der Waals surface area (Å²) in [7, 11) is 0. The number of carbonyl (C=O) groups is 1. The van der Waals surface area contributed by atoms with Gasteiger partial charge in [0.05, 0.1) is 11.3 Å². The second-order valence-corrected chi connectivity index (χ2v) is 5.99. The molecule has 0 aromatic carbocycles. The largest absolute Gasteiger partial charge is 0.397 e. The summed E-state index contributed by atoms with van der Waals surface area (Å²) in [6.45, 7) is 6.02. The summed E-state index contributed by atoms with van der Waals surface area (Å²) >= 11 is 0. The molecule has 0 saturated carbocycles. The number of likely N-dealkylation sites (tertiary alicyclic amines) is 1. The second-order valence-electron chi connectivity index (χ2n) is 5.99. The number of aromatic nitrogens is 1. The molecule has 112 valence electrons. The average Bonchev–Trinajstić information content (AvgIpc) is 2.63. The first-order valence-corrected chi connectivity index (χ1v) is 7.40. The molecule has 20 heavy (non-hydrogen) atoms. The van der Waals surface area contributed by atoms with Gasteiger partial charge in [-0.2, -0.15) is 0 Å². The summed E-state index contributed by atoms with van der Waals surface area (Å²) < 4.78 is 1.93. The Bertz CT molecular complexity index is 479. The maximum Gasteiger partial charge on any atom is 0.270 e. The Hall–Kier alpha value is -1.49. The van der Waals surface area contributed by atoms with Crippen molar-refractivity contribution < 1.29 is 9.90 Å². The first-order chi connectivity index (χ1) is 9.43. The van der Waals surface area contributed by atoms with Crippen LogP contribution in [0, 0.1) is 0 Å². The molecule has 1 atom stereocenters. The molecule has 1 unspecified atom stereocenters. The van der Waals surface area contributed by atoms with Crippen molar-refractivity contribution in [1.29, 1.82) is 0 Å². The van der Waals surface area contributed by atoms with Gasteiger partial charge < -0.3 is 20.3 Å². The Morgan fingerprint density at radius 2 is 2.20 bits per heavy atom. The van der Waals surface area contributed by atoms with E-state index in [-0.39, 0.29) is 5.91 Å². The zero-order valence-electron chi connectivity index (χ0n) is 12.4. The number of aryl methyl sites for hydroxylation is 1. The first-order valence-electron chi connectivity index (χ1n) is 7.40. The monoisotopic (exact) mass is 279 g/mol. The molecule has 1 saturated heterocycles. The summed E-state index contributed by atoms with van der Waals surface area (Å²) in [5.41, 5.74) is 6.45. The minimum absolute atomic E-state index is 0.0212. The zero-order chi connectivity index (χ0) is 14.8. The van der Waals surface area contributed by atoms with Crippen LogP contribution in [0.5, 0.6) is 0 Å². The van der Waals surface area contributed by atoms with Gasteiger partial charge in [0.2, 0.25) is 0 Å². The summed E-state index contributed by atoms with van der Waals surface area (Å²) in [6.07, 6.45) is 4.99. The molecule has 0 aliphatic carbocycles. The van der Waals surface area contributed by atoms with Crippen molar-refractivity contribution >= 4 is 11.6 Å². The van der Waals surface area contributed by atoms with E-state index in [9.17, 15) is 9.90 Å². The highest BCUT2D eigenvalue weighted by Gasteiger charge is 2.28. The molecule has 1 aromatic heterocycles. The lowest BCUT2D eigenvalue weighted by Crippen LogP contribution is -2.34. The molecule has 0 bridgehead atoms. The third kappa shape index (κ3) is 3.33. The minimum atomic E-state index is -0.653. The SMILES string of the molecule is CCCn1cc(N)cc1C(=O)N1CCCC(C)(O)CC1. The summed E-state index contributed by atoms with van der Waals surface area (Å²) in [5.74, 6) is 0.0212. The molecule has 5 heteroatoms. The third-order valence-electron chi connectivity index (χ3n) is 3.95. The Balaban J connectivity index is 2.14. The molecule has 1 aliphatic heterocycles. The van der Waals surface area contributed by atoms with Crippen LogP contribution in [0.4, 0.5) is 5.69 Å². The van der Waals surface area contributed by atoms with Crippen LogP contribution in [-0.2, 0) is 6.54 Å². The van der Waals surface area contributed by atoms with Crippen LogP contribution in [0.2, 0.25) is 0 Å². The van der Waals surface area contributed by atoms with Crippen molar-refractivity contribution in [3.63, 3.8) is 0 Å². The molecule has 0 spiro atoms. The van der Waals surface area contributed by atoms with Gasteiger partial charge in [-0.15, -0.1) is 0 Å². The predicted molar refractivity (Wildman–Crippen MR) is 79.5 cm³/mol. The summed E-state index contributed by atoms with van der Waals surface area (Å²) in [5, 5.41) is 10.1. The van der Waals surface area contributed by atoms with E-state index in [2.05, 4.69) is 6.92 Å². The summed E-state index contributed by atoms with van der Waals surface area (Å²) in [6, 6.07) is 1.75. The van der Waals surface area contributed by atoms with Gasteiger partial charge in [-0.05, 0) is 38.7 Å². The number of nitrogen functional groups attached to an aromatic ring is 1. The lowest BCUT2D eigenvalue weighted by Gasteiger charge is -2.23. The molecule has 5 nitrogen and oxygen atoms in total. The topological polar surface area (TPSA) is 71.5 Å². The highest BCUT2D eigenvalue weighted by molar-refractivity contribution is 5.93. The average molecular weight is 279 g/mol. The van der Waals surface area contributed by atoms with Gasteiger partial charge in [0.25, 0.3) is 5.91 Å². The molecule has 1 fully saturated rings. The number of carbonyl (C=O) groups excluding carboxylic acids is 1. The van der Waals surface area contributed by atoms with Crippen molar-refractivity contribution in [3.8, 4) is 0 Å². The normalized spacial score (nSPS) is 23.6. The molecule has 1 aromatic rings. The van der Waals surface area contributed by atoms with Crippen LogP contribution in [0.25, 0.3) is 0 Å². The Labute approximate surface area is 120 Å². The lowest BCUT2D eigenvalue weighted by atomic mass is 9.98. The molecule has 1 aliphatic rings. The van der Waals surface area contributed by atoms with E-state index in [1.54, 1.807) is 6.07 Å². The van der Waals surface area contributed by atoms with E-state index >= 15 is 0 Å². The van der Waals surface area contributed by atoms with Crippen molar-refractivity contribution in [2.75, 3.05) is 18.8 Å². The van der Waals surface area contributed by atoms with Crippen molar-refractivity contribution in [1.82, 2.24) is 9.47 Å². The van der Waals surface area contributed by atoms with Crippen molar-refractivity contribution in [3.05, 3.63) is 18.0 Å². The maximum atomic E-state index is 12.6. The van der Waals surface area contributed by atoms with Gasteiger partial charge in [0, 0.05) is 25.8 Å². The van der Waals surface area contributed by atoms with E-state index < -0.39 is 5.60 Å². The van der Waals surface area contributed by atoms with Crippen LogP contribution in [-0.4, -0.2) is 39.2 Å². The molecule has 3 N–H and O–H groups in total. The summed E-state index contributed by atoms with van der Waals surface area (Å²) in [4.78, 5) is 14.5. The fourth-order valence-corrected chi connectivity index (χ4v) is 2.77. The standard InChI is InChI=1S/C15H25N3O2/c1-3-7-18-11-12(16)10-13(18)14(19)17-8-4-5-15(2,20)6-9-17/h10-11,20H,3-9,16H2,1-2H3. The van der Waals surface area contributed by atoms with Crippen LogP contribution >= 0.6 is 0 Å². The molecule has 2 rings (SSSR count). The first kappa shape index (κ1) is 14.9. The van der Waals surface area contributed by atoms with E-state index in [1.165, 1.54) is 0 Å². The van der Waals surface area contributed by atoms with Gasteiger partial charge in [-0.3, -0.25) is 4.79 Å². The minimum Gasteiger partial charge on any atom is -0.397 e. The fourth-order valence-electron chi connectivity index (χ4n) is 2.77.